The molecule has 38 heavy (non-hydrogen) atoms. The minimum atomic E-state index is -5.21. The SMILES string of the molecule is [B]Cc1cc(C[B])c(C[B])c(OC(=O)C23CC4CC(C2)CC(C(=O)OC(CS(=O)(=O)O)C(F)(F)F)(C4)C3)c1. The van der Waals surface area contributed by atoms with Gasteiger partial charge in [0.15, 0.2) is 0 Å². The van der Waals surface area contributed by atoms with Crippen molar-refractivity contribution in [2.75, 3.05) is 5.75 Å². The molecule has 0 spiro atoms. The van der Waals surface area contributed by atoms with Crippen LogP contribution in [0.4, 0.5) is 13.2 Å². The number of rotatable bonds is 9. The lowest BCUT2D eigenvalue weighted by Crippen LogP contribution is -2.59. The molecular formula is C24H26B3F3O7S. The summed E-state index contributed by atoms with van der Waals surface area (Å²) in [6.07, 6.45) is -6.00. The van der Waals surface area contributed by atoms with E-state index in [4.69, 9.17) is 37.6 Å². The lowest BCUT2D eigenvalue weighted by molar-refractivity contribution is -0.230. The van der Waals surface area contributed by atoms with Crippen molar-refractivity contribution in [3.63, 3.8) is 0 Å². The molecule has 200 valence electrons. The highest BCUT2D eigenvalue weighted by Crippen LogP contribution is 2.66. The molecule has 3 unspecified atom stereocenters. The average Bonchev–Trinajstić information content (AvgIpc) is 2.80. The standard InChI is InChI=1S/C24H26B3F3O7S/c25-8-13-2-16(9-26)17(10-27)18(3-13)36-20(31)22-4-14-1-15(5-22)7-23(6-14,12-22)21(32)37-19(24(28,29)30)11-38(33,34)35/h2-3,14-15,19H,1,4-12H2,(H,33,34,35). The van der Waals surface area contributed by atoms with E-state index in [9.17, 15) is 31.2 Å². The Hall–Kier alpha value is -1.95. The first-order chi connectivity index (χ1) is 17.6. The summed E-state index contributed by atoms with van der Waals surface area (Å²) < 4.78 is 82.3. The van der Waals surface area contributed by atoms with Crippen molar-refractivity contribution in [1.82, 2.24) is 0 Å². The normalized spacial score (nSPS) is 29.2. The van der Waals surface area contributed by atoms with Gasteiger partial charge in [-0.2, -0.15) is 21.6 Å². The van der Waals surface area contributed by atoms with Crippen LogP contribution >= 0.6 is 0 Å². The second-order valence-electron chi connectivity index (χ2n) is 10.9. The summed E-state index contributed by atoms with van der Waals surface area (Å²) in [5, 5.41) is 0. The summed E-state index contributed by atoms with van der Waals surface area (Å²) in [6.45, 7) is 0. The fourth-order valence-electron chi connectivity index (χ4n) is 6.98. The molecule has 1 aromatic carbocycles. The third-order valence-corrected chi connectivity index (χ3v) is 8.85. The lowest BCUT2D eigenvalue weighted by Gasteiger charge is -2.59. The summed E-state index contributed by atoms with van der Waals surface area (Å²) in [4.78, 5) is 26.9. The molecule has 3 atom stereocenters. The van der Waals surface area contributed by atoms with E-state index >= 15 is 0 Å². The van der Waals surface area contributed by atoms with E-state index in [0.29, 0.717) is 36.0 Å². The molecule has 4 aliphatic carbocycles. The van der Waals surface area contributed by atoms with Crippen LogP contribution in [0.2, 0.25) is 0 Å². The van der Waals surface area contributed by atoms with E-state index in [0.717, 1.165) is 0 Å². The highest BCUT2D eigenvalue weighted by Gasteiger charge is 2.65. The van der Waals surface area contributed by atoms with Gasteiger partial charge < -0.3 is 9.47 Å². The number of ether oxygens (including phenoxy) is 2. The number of carbonyl (C=O) groups is 2. The van der Waals surface area contributed by atoms with Gasteiger partial charge in [-0.1, -0.05) is 36.2 Å². The zero-order chi connectivity index (χ0) is 28.1. The minimum absolute atomic E-state index is 0.0428. The molecule has 0 aliphatic heterocycles. The van der Waals surface area contributed by atoms with Crippen LogP contribution in [0.25, 0.3) is 0 Å². The smallest absolute Gasteiger partial charge is 0.426 e. The fourth-order valence-corrected chi connectivity index (χ4v) is 7.62. The van der Waals surface area contributed by atoms with E-state index in [1.54, 1.807) is 12.1 Å². The van der Waals surface area contributed by atoms with Crippen LogP contribution in [-0.2, 0) is 43.4 Å². The number of esters is 2. The average molecular weight is 548 g/mol. The molecule has 6 radical (unpaired) electrons. The Labute approximate surface area is 223 Å². The Morgan fingerprint density at radius 2 is 1.58 bits per heavy atom. The van der Waals surface area contributed by atoms with Crippen molar-refractivity contribution >= 4 is 45.6 Å². The predicted molar refractivity (Wildman–Crippen MR) is 132 cm³/mol. The topological polar surface area (TPSA) is 107 Å². The highest BCUT2D eigenvalue weighted by atomic mass is 32.2. The lowest BCUT2D eigenvalue weighted by atomic mass is 9.44. The van der Waals surface area contributed by atoms with E-state index in [1.165, 1.54) is 0 Å². The summed E-state index contributed by atoms with van der Waals surface area (Å²) in [6, 6.07) is 3.38. The number of hydrogen-bond acceptors (Lipinski definition) is 6. The van der Waals surface area contributed by atoms with Crippen LogP contribution in [-0.4, -0.2) is 66.5 Å². The van der Waals surface area contributed by atoms with Crippen molar-refractivity contribution in [1.29, 1.82) is 0 Å². The molecule has 14 heteroatoms. The first-order valence-electron chi connectivity index (χ1n) is 12.3. The van der Waals surface area contributed by atoms with Gasteiger partial charge in [0.1, 0.15) is 11.5 Å². The van der Waals surface area contributed by atoms with Crippen molar-refractivity contribution in [2.45, 2.75) is 69.8 Å². The maximum Gasteiger partial charge on any atom is 0.426 e. The van der Waals surface area contributed by atoms with Crippen LogP contribution in [0.5, 0.6) is 5.75 Å². The number of carbonyl (C=O) groups excluding carboxylic acids is 2. The molecule has 4 aliphatic rings. The monoisotopic (exact) mass is 548 g/mol. The fraction of sp³-hybridized carbons (Fsp3) is 0.667. The molecule has 0 aromatic heterocycles. The van der Waals surface area contributed by atoms with Crippen LogP contribution in [0.15, 0.2) is 12.1 Å². The Kier molecular flexibility index (Phi) is 7.82. The summed E-state index contributed by atoms with van der Waals surface area (Å²) in [5.41, 5.74) is -0.652. The van der Waals surface area contributed by atoms with Crippen molar-refractivity contribution in [3.8, 4) is 5.75 Å². The zero-order valence-electron chi connectivity index (χ0n) is 20.6. The largest absolute Gasteiger partial charge is 0.451 e. The van der Waals surface area contributed by atoms with Crippen molar-refractivity contribution < 1.29 is 45.2 Å². The maximum atomic E-state index is 13.7. The summed E-state index contributed by atoms with van der Waals surface area (Å²) in [5.74, 6) is -3.66. The molecule has 4 bridgehead atoms. The molecule has 0 saturated heterocycles. The van der Waals surface area contributed by atoms with Gasteiger partial charge in [0, 0.05) is 0 Å². The molecule has 5 rings (SSSR count). The van der Waals surface area contributed by atoms with Gasteiger partial charge in [-0.3, -0.25) is 14.1 Å². The van der Waals surface area contributed by atoms with E-state index in [-0.39, 0.29) is 55.8 Å². The molecule has 1 N–H and O–H groups in total. The Morgan fingerprint density at radius 3 is 2.05 bits per heavy atom. The summed E-state index contributed by atoms with van der Waals surface area (Å²) in [7, 11) is 12.4. The van der Waals surface area contributed by atoms with Gasteiger partial charge in [-0.05, 0) is 62.0 Å². The van der Waals surface area contributed by atoms with Gasteiger partial charge in [0.05, 0.1) is 34.4 Å². The van der Waals surface area contributed by atoms with Gasteiger partial charge >= 0.3 is 18.1 Å². The van der Waals surface area contributed by atoms with Crippen molar-refractivity contribution in [3.05, 3.63) is 28.8 Å². The van der Waals surface area contributed by atoms with Crippen molar-refractivity contribution in [2.24, 2.45) is 22.7 Å². The highest BCUT2D eigenvalue weighted by molar-refractivity contribution is 7.85. The predicted octanol–water partition coefficient (Wildman–Crippen LogP) is 2.55. The maximum absolute atomic E-state index is 13.7. The van der Waals surface area contributed by atoms with Gasteiger partial charge in [0.25, 0.3) is 10.1 Å². The van der Waals surface area contributed by atoms with Gasteiger partial charge in [-0.15, -0.1) is 0 Å². The van der Waals surface area contributed by atoms with E-state index in [1.807, 2.05) is 0 Å². The molecular weight excluding hydrogens is 522 g/mol. The van der Waals surface area contributed by atoms with Gasteiger partial charge in [0.2, 0.25) is 6.10 Å². The molecule has 4 saturated carbocycles. The van der Waals surface area contributed by atoms with E-state index < -0.39 is 50.9 Å². The molecule has 1 aromatic rings. The second kappa shape index (κ2) is 10.2. The third kappa shape index (κ3) is 5.66. The zero-order valence-corrected chi connectivity index (χ0v) is 21.4. The van der Waals surface area contributed by atoms with Crippen LogP contribution in [0.3, 0.4) is 0 Å². The molecule has 0 amide bonds. The van der Waals surface area contributed by atoms with E-state index in [2.05, 4.69) is 0 Å². The first kappa shape index (κ1) is 29.0. The third-order valence-electron chi connectivity index (χ3n) is 8.13. The molecule has 0 heterocycles. The molecule has 4 fully saturated rings. The Balaban J connectivity index is 1.62. The number of benzene rings is 1. The van der Waals surface area contributed by atoms with Crippen LogP contribution < -0.4 is 4.74 Å². The Morgan fingerprint density at radius 1 is 1.00 bits per heavy atom. The number of alkyl halides is 3. The van der Waals surface area contributed by atoms with Crippen LogP contribution in [0.1, 0.15) is 55.2 Å². The molecule has 7 nitrogen and oxygen atoms in total. The quantitative estimate of drug-likeness (QED) is 0.219. The first-order valence-corrected chi connectivity index (χ1v) is 13.9. The number of halogens is 3. The Bertz CT molecular complexity index is 1210. The minimum Gasteiger partial charge on any atom is -0.451 e. The summed E-state index contributed by atoms with van der Waals surface area (Å²) >= 11 is 0. The number of hydrogen-bond donors (Lipinski definition) is 1. The second-order valence-corrected chi connectivity index (χ2v) is 12.4. The van der Waals surface area contributed by atoms with Gasteiger partial charge in [-0.25, -0.2) is 0 Å². The van der Waals surface area contributed by atoms with Crippen LogP contribution in [0, 0.1) is 22.7 Å².